The van der Waals surface area contributed by atoms with Crippen LogP contribution in [0.15, 0.2) is 24.3 Å². The Bertz CT molecular complexity index is 620. The minimum atomic E-state index is -0.341. The predicted molar refractivity (Wildman–Crippen MR) is 101 cm³/mol. The molecule has 2 fully saturated rings. The largest absolute Gasteiger partial charge is 0.342 e. The second-order valence-corrected chi connectivity index (χ2v) is 6.97. The van der Waals surface area contributed by atoms with Crippen molar-refractivity contribution >= 4 is 30.0 Å². The molecule has 1 saturated carbocycles. The number of nitrogens with one attached hydrogen (secondary N) is 2. The zero-order valence-electron chi connectivity index (χ0n) is 14.6. The van der Waals surface area contributed by atoms with Gasteiger partial charge in [0.1, 0.15) is 5.82 Å². The smallest absolute Gasteiger partial charge is 0.319 e. The van der Waals surface area contributed by atoms with Crippen LogP contribution in [0.2, 0.25) is 0 Å². The van der Waals surface area contributed by atoms with E-state index in [0.717, 1.165) is 32.1 Å². The quantitative estimate of drug-likeness (QED) is 0.748. The summed E-state index contributed by atoms with van der Waals surface area (Å²) < 4.78 is 12.9. The zero-order valence-corrected chi connectivity index (χ0v) is 15.4. The van der Waals surface area contributed by atoms with Crippen molar-refractivity contribution < 1.29 is 14.0 Å². The first-order valence-corrected chi connectivity index (χ1v) is 8.88. The number of anilines is 1. The van der Waals surface area contributed by atoms with Crippen LogP contribution in [0.25, 0.3) is 0 Å². The number of likely N-dealkylation sites (tertiary alicyclic amines) is 1. The molecule has 0 radical (unpaired) electrons. The van der Waals surface area contributed by atoms with Crippen LogP contribution in [0.1, 0.15) is 32.1 Å². The summed E-state index contributed by atoms with van der Waals surface area (Å²) in [5.74, 6) is -0.0605. The number of hydrogen-bond acceptors (Lipinski definition) is 3. The molecule has 2 aliphatic rings. The molecule has 0 bridgehead atoms. The van der Waals surface area contributed by atoms with Gasteiger partial charge in [0.25, 0.3) is 0 Å². The number of urea groups is 1. The van der Waals surface area contributed by atoms with Crippen LogP contribution in [0.4, 0.5) is 14.9 Å². The lowest BCUT2D eigenvalue weighted by Crippen LogP contribution is -2.48. The molecule has 8 heteroatoms. The normalized spacial score (nSPS) is 23.2. The molecular weight excluding hydrogens is 359 g/mol. The number of halogens is 2. The summed E-state index contributed by atoms with van der Waals surface area (Å²) in [6.45, 7) is 1.32. The van der Waals surface area contributed by atoms with Crippen molar-refractivity contribution in [1.82, 2.24) is 10.2 Å². The molecule has 0 aromatic heterocycles. The van der Waals surface area contributed by atoms with Gasteiger partial charge in [-0.05, 0) is 56.4 Å². The summed E-state index contributed by atoms with van der Waals surface area (Å²) in [7, 11) is 0. The van der Waals surface area contributed by atoms with E-state index in [2.05, 4.69) is 10.6 Å². The van der Waals surface area contributed by atoms with E-state index in [1.807, 2.05) is 4.90 Å². The third-order valence-electron chi connectivity index (χ3n) is 5.07. The second-order valence-electron chi connectivity index (χ2n) is 6.97. The predicted octanol–water partition coefficient (Wildman–Crippen LogP) is 2.49. The van der Waals surface area contributed by atoms with E-state index in [1.54, 1.807) is 0 Å². The van der Waals surface area contributed by atoms with E-state index >= 15 is 0 Å². The Morgan fingerprint density at radius 3 is 2.31 bits per heavy atom. The maximum absolute atomic E-state index is 12.9. The highest BCUT2D eigenvalue weighted by molar-refractivity contribution is 5.89. The molecule has 3 rings (SSSR count). The summed E-state index contributed by atoms with van der Waals surface area (Å²) in [4.78, 5) is 26.4. The number of nitrogens with two attached hydrogens (primary N) is 1. The standard InChI is InChI=1S/C18H25FN4O2.ClH/c19-13-2-5-15(6-3-13)21-18(25)22-16-7-9-23(10-8-16)17(24)12-1-4-14(20)11-12;/h2-3,5-6,12,14,16H,1,4,7-11,20H2,(H2,21,22,25);1H. The van der Waals surface area contributed by atoms with Crippen molar-refractivity contribution in [2.75, 3.05) is 18.4 Å². The van der Waals surface area contributed by atoms with Crippen LogP contribution >= 0.6 is 12.4 Å². The van der Waals surface area contributed by atoms with Crippen LogP contribution < -0.4 is 16.4 Å². The van der Waals surface area contributed by atoms with Crippen LogP contribution in [0.3, 0.4) is 0 Å². The SMILES string of the molecule is Cl.NC1CCC(C(=O)N2CCC(NC(=O)Nc3ccc(F)cc3)CC2)C1. The Morgan fingerprint density at radius 2 is 1.73 bits per heavy atom. The number of nitrogens with zero attached hydrogens (tertiary/aromatic N) is 1. The van der Waals surface area contributed by atoms with Gasteiger partial charge >= 0.3 is 6.03 Å². The first kappa shape index (κ1) is 20.5. The van der Waals surface area contributed by atoms with Gasteiger partial charge in [-0.3, -0.25) is 4.79 Å². The molecule has 1 aliphatic carbocycles. The van der Waals surface area contributed by atoms with Crippen molar-refractivity contribution in [2.45, 2.75) is 44.2 Å². The monoisotopic (exact) mass is 384 g/mol. The maximum Gasteiger partial charge on any atom is 0.319 e. The summed E-state index contributed by atoms with van der Waals surface area (Å²) >= 11 is 0. The summed E-state index contributed by atoms with van der Waals surface area (Å²) in [6, 6.07) is 5.52. The lowest BCUT2D eigenvalue weighted by molar-refractivity contribution is -0.136. The number of carbonyl (C=O) groups excluding carboxylic acids is 2. The average molecular weight is 385 g/mol. The van der Waals surface area contributed by atoms with Gasteiger partial charge in [0.15, 0.2) is 0 Å². The van der Waals surface area contributed by atoms with Gasteiger partial charge in [0.05, 0.1) is 0 Å². The lowest BCUT2D eigenvalue weighted by Gasteiger charge is -2.34. The highest BCUT2D eigenvalue weighted by atomic mass is 35.5. The van der Waals surface area contributed by atoms with Gasteiger partial charge < -0.3 is 21.3 Å². The average Bonchev–Trinajstić information content (AvgIpc) is 3.03. The van der Waals surface area contributed by atoms with Gasteiger partial charge in [-0.25, -0.2) is 9.18 Å². The van der Waals surface area contributed by atoms with Gasteiger partial charge in [0.2, 0.25) is 5.91 Å². The molecule has 0 spiro atoms. The number of amides is 3. The molecule has 4 N–H and O–H groups in total. The van der Waals surface area contributed by atoms with Gasteiger partial charge in [-0.2, -0.15) is 0 Å². The fourth-order valence-corrected chi connectivity index (χ4v) is 3.63. The summed E-state index contributed by atoms with van der Waals surface area (Å²) in [5, 5.41) is 5.61. The number of rotatable bonds is 3. The molecule has 1 aromatic carbocycles. The molecule has 2 unspecified atom stereocenters. The van der Waals surface area contributed by atoms with E-state index in [4.69, 9.17) is 5.73 Å². The van der Waals surface area contributed by atoms with Gasteiger partial charge in [0, 0.05) is 36.8 Å². The Kier molecular flexibility index (Phi) is 7.23. The first-order valence-electron chi connectivity index (χ1n) is 8.88. The van der Waals surface area contributed by atoms with Crippen LogP contribution in [0, 0.1) is 11.7 Å². The third kappa shape index (κ3) is 5.32. The molecule has 1 aromatic rings. The van der Waals surface area contributed by atoms with E-state index in [1.165, 1.54) is 24.3 Å². The molecule has 6 nitrogen and oxygen atoms in total. The topological polar surface area (TPSA) is 87.5 Å². The molecule has 1 saturated heterocycles. The Balaban J connectivity index is 0.00000243. The van der Waals surface area contributed by atoms with E-state index < -0.39 is 0 Å². The lowest BCUT2D eigenvalue weighted by atomic mass is 10.0. The van der Waals surface area contributed by atoms with E-state index in [9.17, 15) is 14.0 Å². The van der Waals surface area contributed by atoms with Crippen molar-refractivity contribution in [2.24, 2.45) is 11.7 Å². The molecule has 26 heavy (non-hydrogen) atoms. The third-order valence-corrected chi connectivity index (χ3v) is 5.07. The number of piperidine rings is 1. The van der Waals surface area contributed by atoms with Crippen molar-refractivity contribution in [1.29, 1.82) is 0 Å². The maximum atomic E-state index is 12.9. The Morgan fingerprint density at radius 1 is 1.08 bits per heavy atom. The number of hydrogen-bond donors (Lipinski definition) is 3. The van der Waals surface area contributed by atoms with Crippen molar-refractivity contribution in [3.05, 3.63) is 30.1 Å². The molecule has 3 amide bonds. The van der Waals surface area contributed by atoms with Gasteiger partial charge in [-0.1, -0.05) is 0 Å². The van der Waals surface area contributed by atoms with Crippen molar-refractivity contribution in [3.63, 3.8) is 0 Å². The van der Waals surface area contributed by atoms with Crippen LogP contribution in [0.5, 0.6) is 0 Å². The van der Waals surface area contributed by atoms with E-state index in [-0.39, 0.29) is 48.2 Å². The summed E-state index contributed by atoms with van der Waals surface area (Å²) in [5.41, 5.74) is 6.44. The minimum Gasteiger partial charge on any atom is -0.342 e. The molecule has 1 heterocycles. The highest BCUT2D eigenvalue weighted by Gasteiger charge is 2.33. The fraction of sp³-hybridized carbons (Fsp3) is 0.556. The highest BCUT2D eigenvalue weighted by Crippen LogP contribution is 2.27. The zero-order chi connectivity index (χ0) is 17.8. The Labute approximate surface area is 159 Å². The van der Waals surface area contributed by atoms with Crippen LogP contribution in [-0.4, -0.2) is 42.0 Å². The molecular formula is C18H26ClFN4O2. The Hall–Kier alpha value is -1.86. The molecule has 1 aliphatic heterocycles. The first-order chi connectivity index (χ1) is 12.0. The number of benzene rings is 1. The molecule has 2 atom stereocenters. The van der Waals surface area contributed by atoms with Gasteiger partial charge in [-0.15, -0.1) is 12.4 Å². The number of carbonyl (C=O) groups is 2. The summed E-state index contributed by atoms with van der Waals surface area (Å²) in [6.07, 6.45) is 4.08. The minimum absolute atomic E-state index is 0. The van der Waals surface area contributed by atoms with Crippen molar-refractivity contribution in [3.8, 4) is 0 Å². The fourth-order valence-electron chi connectivity index (χ4n) is 3.63. The van der Waals surface area contributed by atoms with E-state index in [0.29, 0.717) is 18.8 Å². The second kappa shape index (κ2) is 9.19. The van der Waals surface area contributed by atoms with Crippen LogP contribution in [-0.2, 0) is 4.79 Å². The molecule has 144 valence electrons.